The van der Waals surface area contributed by atoms with Gasteiger partial charge in [-0.05, 0) is 32.3 Å². The lowest BCUT2D eigenvalue weighted by molar-refractivity contribution is -0.150. The first kappa shape index (κ1) is 19.5. The molecule has 0 aromatic rings. The number of hydrogen-bond donors (Lipinski definition) is 2. The van der Waals surface area contributed by atoms with Gasteiger partial charge in [0.15, 0.2) is 0 Å². The lowest BCUT2D eigenvalue weighted by Crippen LogP contribution is -2.53. The molecule has 2 N–H and O–H groups in total. The van der Waals surface area contributed by atoms with E-state index >= 15 is 0 Å². The van der Waals surface area contributed by atoms with Crippen molar-refractivity contribution in [3.05, 3.63) is 11.8 Å². The summed E-state index contributed by atoms with van der Waals surface area (Å²) in [5.74, 6) is -0.420. The van der Waals surface area contributed by atoms with Gasteiger partial charge in [-0.1, -0.05) is 26.7 Å². The molecular weight excluding hydrogens is 298 g/mol. The van der Waals surface area contributed by atoms with Crippen LogP contribution in [-0.2, 0) is 19.1 Å². The maximum absolute atomic E-state index is 12.0. The summed E-state index contributed by atoms with van der Waals surface area (Å²) in [5, 5.41) is 13.0. The maximum Gasteiger partial charge on any atom is 0.373 e. The Balaban J connectivity index is 2.95. The Bertz CT molecular complexity index is 442. The normalized spacial score (nSPS) is 24.2. The number of ether oxygens (including phenoxy) is 2. The van der Waals surface area contributed by atoms with Gasteiger partial charge in [0.05, 0.1) is 18.2 Å². The SMILES string of the molecule is CCC(CC)C[C@@H]1OC(C(=O)OC(C)C)=C[C@H](O)[C@H]1NC(C)=O. The highest BCUT2D eigenvalue weighted by molar-refractivity contribution is 5.86. The molecule has 1 aliphatic rings. The molecule has 132 valence electrons. The molecule has 1 heterocycles. The van der Waals surface area contributed by atoms with Crippen molar-refractivity contribution in [1.29, 1.82) is 0 Å². The number of nitrogens with one attached hydrogen (secondary N) is 1. The van der Waals surface area contributed by atoms with Crippen molar-refractivity contribution in [3.63, 3.8) is 0 Å². The zero-order valence-corrected chi connectivity index (χ0v) is 14.7. The smallest absolute Gasteiger partial charge is 0.373 e. The molecule has 1 amide bonds. The fraction of sp³-hybridized carbons (Fsp3) is 0.765. The van der Waals surface area contributed by atoms with Gasteiger partial charge < -0.3 is 19.9 Å². The molecule has 3 atom stereocenters. The third-order valence-electron chi connectivity index (χ3n) is 4.00. The van der Waals surface area contributed by atoms with Crippen molar-refractivity contribution in [1.82, 2.24) is 5.32 Å². The molecule has 6 nitrogen and oxygen atoms in total. The van der Waals surface area contributed by atoms with Crippen LogP contribution in [-0.4, -0.2) is 41.3 Å². The molecular formula is C17H29NO5. The van der Waals surface area contributed by atoms with Crippen LogP contribution in [0.5, 0.6) is 0 Å². The molecule has 6 heteroatoms. The number of aliphatic hydroxyl groups excluding tert-OH is 1. The summed E-state index contributed by atoms with van der Waals surface area (Å²) in [4.78, 5) is 23.4. The van der Waals surface area contributed by atoms with Crippen molar-refractivity contribution in [2.75, 3.05) is 0 Å². The monoisotopic (exact) mass is 327 g/mol. The van der Waals surface area contributed by atoms with Crippen LogP contribution in [0, 0.1) is 5.92 Å². The number of amides is 1. The second kappa shape index (κ2) is 8.91. The Morgan fingerprint density at radius 2 is 1.96 bits per heavy atom. The quantitative estimate of drug-likeness (QED) is 0.698. The Labute approximate surface area is 138 Å². The molecule has 0 aromatic carbocycles. The highest BCUT2D eigenvalue weighted by Gasteiger charge is 2.37. The van der Waals surface area contributed by atoms with Crippen LogP contribution < -0.4 is 5.32 Å². The van der Waals surface area contributed by atoms with Gasteiger partial charge in [0.1, 0.15) is 6.10 Å². The summed E-state index contributed by atoms with van der Waals surface area (Å²) >= 11 is 0. The Morgan fingerprint density at radius 3 is 2.43 bits per heavy atom. The van der Waals surface area contributed by atoms with Crippen molar-refractivity contribution in [2.24, 2.45) is 5.92 Å². The number of aliphatic hydroxyl groups is 1. The maximum atomic E-state index is 12.0. The van der Waals surface area contributed by atoms with Crippen LogP contribution in [0.3, 0.4) is 0 Å². The zero-order valence-electron chi connectivity index (χ0n) is 14.7. The van der Waals surface area contributed by atoms with E-state index in [-0.39, 0.29) is 17.8 Å². The lowest BCUT2D eigenvalue weighted by atomic mass is 9.89. The van der Waals surface area contributed by atoms with E-state index in [0.29, 0.717) is 12.3 Å². The van der Waals surface area contributed by atoms with Gasteiger partial charge >= 0.3 is 5.97 Å². The summed E-state index contributed by atoms with van der Waals surface area (Å²) in [6.45, 7) is 9.07. The van der Waals surface area contributed by atoms with Crippen LogP contribution in [0.1, 0.15) is 53.9 Å². The van der Waals surface area contributed by atoms with Gasteiger partial charge in [0, 0.05) is 6.92 Å². The molecule has 0 radical (unpaired) electrons. The Kier molecular flexibility index (Phi) is 7.55. The minimum Gasteiger partial charge on any atom is -0.481 e. The van der Waals surface area contributed by atoms with Gasteiger partial charge in [0.25, 0.3) is 0 Å². The summed E-state index contributed by atoms with van der Waals surface area (Å²) in [6, 6.07) is -0.566. The summed E-state index contributed by atoms with van der Waals surface area (Å²) in [7, 11) is 0. The van der Waals surface area contributed by atoms with E-state index in [9.17, 15) is 14.7 Å². The standard InChI is InChI=1S/C17H29NO5/c1-6-12(7-2)8-14-16(18-11(5)19)13(20)9-15(23-14)17(21)22-10(3)4/h9-10,12-14,16,20H,6-8H2,1-5H3,(H,18,19)/t13-,14-,16+/m0/s1. The molecule has 0 fully saturated rings. The van der Waals surface area contributed by atoms with E-state index < -0.39 is 24.2 Å². The lowest BCUT2D eigenvalue weighted by Gasteiger charge is -2.36. The molecule has 0 unspecified atom stereocenters. The predicted molar refractivity (Wildman–Crippen MR) is 86.5 cm³/mol. The topological polar surface area (TPSA) is 84.9 Å². The molecule has 0 saturated carbocycles. The summed E-state index contributed by atoms with van der Waals surface area (Å²) in [6.07, 6.45) is 2.19. The van der Waals surface area contributed by atoms with Gasteiger partial charge in [-0.2, -0.15) is 0 Å². The summed E-state index contributed by atoms with van der Waals surface area (Å²) in [5.41, 5.74) is 0. The van der Waals surface area contributed by atoms with Crippen LogP contribution >= 0.6 is 0 Å². The van der Waals surface area contributed by atoms with E-state index in [0.717, 1.165) is 12.8 Å². The molecule has 0 bridgehead atoms. The van der Waals surface area contributed by atoms with Crippen molar-refractivity contribution < 1.29 is 24.2 Å². The van der Waals surface area contributed by atoms with Crippen LogP contribution in [0.25, 0.3) is 0 Å². The van der Waals surface area contributed by atoms with Crippen molar-refractivity contribution in [2.45, 2.75) is 78.2 Å². The zero-order chi connectivity index (χ0) is 17.6. The molecule has 0 spiro atoms. The molecule has 0 saturated heterocycles. The van der Waals surface area contributed by atoms with Crippen molar-refractivity contribution in [3.8, 4) is 0 Å². The first-order chi connectivity index (χ1) is 10.8. The number of carbonyl (C=O) groups is 2. The average Bonchev–Trinajstić information content (AvgIpc) is 2.46. The largest absolute Gasteiger partial charge is 0.481 e. The fourth-order valence-electron chi connectivity index (χ4n) is 2.70. The number of rotatable bonds is 7. The van der Waals surface area contributed by atoms with E-state index in [1.54, 1.807) is 13.8 Å². The average molecular weight is 327 g/mol. The molecule has 1 aliphatic heterocycles. The highest BCUT2D eigenvalue weighted by atomic mass is 16.6. The Hall–Kier alpha value is -1.56. The Morgan fingerprint density at radius 1 is 1.35 bits per heavy atom. The first-order valence-corrected chi connectivity index (χ1v) is 8.33. The number of hydrogen-bond acceptors (Lipinski definition) is 5. The minimum atomic E-state index is -0.985. The molecule has 0 aromatic heterocycles. The van der Waals surface area contributed by atoms with Crippen LogP contribution in [0.4, 0.5) is 0 Å². The van der Waals surface area contributed by atoms with E-state index in [1.807, 2.05) is 0 Å². The first-order valence-electron chi connectivity index (χ1n) is 8.33. The second-order valence-electron chi connectivity index (χ2n) is 6.28. The van der Waals surface area contributed by atoms with Gasteiger partial charge in [-0.3, -0.25) is 4.79 Å². The third-order valence-corrected chi connectivity index (χ3v) is 4.00. The fourth-order valence-corrected chi connectivity index (χ4v) is 2.70. The van der Waals surface area contributed by atoms with Crippen molar-refractivity contribution >= 4 is 11.9 Å². The van der Waals surface area contributed by atoms with Crippen LogP contribution in [0.2, 0.25) is 0 Å². The number of carbonyl (C=O) groups excluding carboxylic acids is 2. The molecule has 23 heavy (non-hydrogen) atoms. The van der Waals surface area contributed by atoms with Gasteiger partial charge in [-0.15, -0.1) is 0 Å². The van der Waals surface area contributed by atoms with Gasteiger partial charge in [0.2, 0.25) is 11.7 Å². The van der Waals surface area contributed by atoms with Gasteiger partial charge in [-0.25, -0.2) is 4.79 Å². The number of esters is 1. The van der Waals surface area contributed by atoms with E-state index in [2.05, 4.69) is 19.2 Å². The highest BCUT2D eigenvalue weighted by Crippen LogP contribution is 2.27. The third kappa shape index (κ3) is 5.86. The van der Waals surface area contributed by atoms with E-state index in [1.165, 1.54) is 13.0 Å². The summed E-state index contributed by atoms with van der Waals surface area (Å²) < 4.78 is 10.9. The second-order valence-corrected chi connectivity index (χ2v) is 6.28. The molecule has 0 aliphatic carbocycles. The molecule has 1 rings (SSSR count). The minimum absolute atomic E-state index is 0.0174. The van der Waals surface area contributed by atoms with E-state index in [4.69, 9.17) is 9.47 Å². The predicted octanol–water partition coefficient (Wildman–Crippen LogP) is 1.91. The van der Waals surface area contributed by atoms with Crippen LogP contribution in [0.15, 0.2) is 11.8 Å².